The maximum atomic E-state index is 9.12. The van der Waals surface area contributed by atoms with E-state index in [1.807, 2.05) is 36.5 Å². The zero-order valence-corrected chi connectivity index (χ0v) is 13.5. The van der Waals surface area contributed by atoms with Crippen LogP contribution in [0, 0.1) is 17.2 Å². The zero-order valence-electron chi connectivity index (χ0n) is 12.7. The van der Waals surface area contributed by atoms with E-state index in [-0.39, 0.29) is 12.4 Å². The summed E-state index contributed by atoms with van der Waals surface area (Å²) in [7, 11) is 0. The van der Waals surface area contributed by atoms with Crippen molar-refractivity contribution < 1.29 is 4.74 Å². The second kappa shape index (κ2) is 6.57. The molecule has 1 aromatic heterocycles. The Morgan fingerprint density at radius 3 is 2.96 bits per heavy atom. The highest BCUT2D eigenvalue weighted by atomic mass is 35.5. The Kier molecular flexibility index (Phi) is 4.51. The Morgan fingerprint density at radius 2 is 2.17 bits per heavy atom. The molecular weight excluding hydrogens is 310 g/mol. The highest BCUT2D eigenvalue weighted by molar-refractivity contribution is 5.85. The molecule has 3 heterocycles. The molecule has 0 bridgehead atoms. The Morgan fingerprint density at radius 1 is 1.26 bits per heavy atom. The van der Waals surface area contributed by atoms with Crippen LogP contribution in [0.15, 0.2) is 42.6 Å². The van der Waals surface area contributed by atoms with Crippen LogP contribution in [0.5, 0.6) is 5.75 Å². The summed E-state index contributed by atoms with van der Waals surface area (Å²) in [4.78, 5) is 6.85. The smallest absolute Gasteiger partial charge is 0.122 e. The van der Waals surface area contributed by atoms with Crippen molar-refractivity contribution in [3.8, 4) is 11.8 Å². The fourth-order valence-electron chi connectivity index (χ4n) is 3.57. The first kappa shape index (κ1) is 15.8. The minimum atomic E-state index is 0. The fourth-order valence-corrected chi connectivity index (χ4v) is 3.57. The summed E-state index contributed by atoms with van der Waals surface area (Å²) >= 11 is 0. The second-order valence-electron chi connectivity index (χ2n) is 6.06. The number of pyridine rings is 1. The van der Waals surface area contributed by atoms with Gasteiger partial charge in [0.25, 0.3) is 0 Å². The van der Waals surface area contributed by atoms with Crippen molar-refractivity contribution in [2.24, 2.45) is 5.92 Å². The first-order valence-corrected chi connectivity index (χ1v) is 7.62. The molecule has 2 aromatic rings. The van der Waals surface area contributed by atoms with Gasteiger partial charge in [-0.05, 0) is 30.3 Å². The van der Waals surface area contributed by atoms with Gasteiger partial charge in [-0.1, -0.05) is 6.07 Å². The molecule has 0 saturated carbocycles. The Balaban J connectivity index is 0.00000156. The summed E-state index contributed by atoms with van der Waals surface area (Å²) in [6.45, 7) is 3.67. The average molecular weight is 328 g/mol. The van der Waals surface area contributed by atoms with E-state index in [0.29, 0.717) is 17.4 Å². The van der Waals surface area contributed by atoms with Crippen LogP contribution in [0.3, 0.4) is 0 Å². The van der Waals surface area contributed by atoms with Gasteiger partial charge in [0.2, 0.25) is 0 Å². The highest BCUT2D eigenvalue weighted by Crippen LogP contribution is 2.42. The topological polar surface area (TPSA) is 49.2 Å². The number of halogens is 1. The van der Waals surface area contributed by atoms with Crippen molar-refractivity contribution in [2.45, 2.75) is 12.5 Å². The molecule has 2 aliphatic heterocycles. The van der Waals surface area contributed by atoms with Gasteiger partial charge in [-0.2, -0.15) is 5.26 Å². The van der Waals surface area contributed by atoms with Crippen LogP contribution < -0.4 is 4.74 Å². The maximum absolute atomic E-state index is 9.12. The van der Waals surface area contributed by atoms with E-state index in [2.05, 4.69) is 22.0 Å². The highest BCUT2D eigenvalue weighted by Gasteiger charge is 2.38. The molecule has 0 N–H and O–H groups in total. The molecule has 23 heavy (non-hydrogen) atoms. The van der Waals surface area contributed by atoms with Crippen LogP contribution in [0.1, 0.15) is 22.7 Å². The number of fused-ring (bicyclic) bond motifs is 3. The standard InChI is InChI=1S/C18H17N3O.ClH/c19-8-13-4-5-18-16(7-13)17-11-21(9-14(17)12-22-18)10-15-3-1-2-6-20-15;/h1-7,14,17H,9-12H2;1H. The van der Waals surface area contributed by atoms with Gasteiger partial charge in [-0.15, -0.1) is 12.4 Å². The summed E-state index contributed by atoms with van der Waals surface area (Å²) in [5.74, 6) is 1.91. The Labute approximate surface area is 142 Å². The normalized spacial score (nSPS) is 22.2. The van der Waals surface area contributed by atoms with E-state index in [1.54, 1.807) is 0 Å². The van der Waals surface area contributed by atoms with Crippen LogP contribution in [-0.2, 0) is 6.54 Å². The van der Waals surface area contributed by atoms with Gasteiger partial charge in [0.1, 0.15) is 5.75 Å². The average Bonchev–Trinajstić information content (AvgIpc) is 2.98. The lowest BCUT2D eigenvalue weighted by atomic mass is 9.86. The number of aromatic nitrogens is 1. The molecule has 4 rings (SSSR count). The number of rotatable bonds is 2. The molecule has 2 atom stereocenters. The van der Waals surface area contributed by atoms with Crippen molar-refractivity contribution in [1.82, 2.24) is 9.88 Å². The molecular formula is C18H18ClN3O. The number of hydrogen-bond donors (Lipinski definition) is 0. The number of ether oxygens (including phenoxy) is 1. The quantitative estimate of drug-likeness (QED) is 0.851. The second-order valence-corrected chi connectivity index (χ2v) is 6.06. The molecule has 4 nitrogen and oxygen atoms in total. The SMILES string of the molecule is Cl.N#Cc1ccc2c(c1)C1CN(Cc3ccccn3)CC1CO2. The zero-order chi connectivity index (χ0) is 14.9. The third-order valence-electron chi connectivity index (χ3n) is 4.62. The van der Waals surface area contributed by atoms with Crippen LogP contribution in [0.4, 0.5) is 0 Å². The Bertz CT molecular complexity index is 729. The molecule has 5 heteroatoms. The maximum Gasteiger partial charge on any atom is 0.122 e. The molecule has 0 aliphatic carbocycles. The summed E-state index contributed by atoms with van der Waals surface area (Å²) in [6.07, 6.45) is 1.84. The fraction of sp³-hybridized carbons (Fsp3) is 0.333. The minimum absolute atomic E-state index is 0. The summed E-state index contributed by atoms with van der Waals surface area (Å²) in [6, 6.07) is 14.0. The molecule has 1 aromatic carbocycles. The lowest BCUT2D eigenvalue weighted by molar-refractivity contribution is 0.212. The molecule has 0 radical (unpaired) electrons. The molecule has 1 saturated heterocycles. The van der Waals surface area contributed by atoms with Gasteiger partial charge < -0.3 is 4.74 Å². The van der Waals surface area contributed by atoms with E-state index in [0.717, 1.165) is 37.7 Å². The summed E-state index contributed by atoms with van der Waals surface area (Å²) in [5, 5.41) is 9.12. The Hall–Kier alpha value is -2.09. The van der Waals surface area contributed by atoms with Gasteiger partial charge >= 0.3 is 0 Å². The van der Waals surface area contributed by atoms with E-state index in [4.69, 9.17) is 10.00 Å². The largest absolute Gasteiger partial charge is 0.493 e. The third kappa shape index (κ3) is 3.03. The lowest BCUT2D eigenvalue weighted by Gasteiger charge is -2.27. The van der Waals surface area contributed by atoms with Gasteiger partial charge in [0.15, 0.2) is 0 Å². The van der Waals surface area contributed by atoms with Crippen molar-refractivity contribution in [3.05, 3.63) is 59.4 Å². The van der Waals surface area contributed by atoms with Crippen LogP contribution in [0.2, 0.25) is 0 Å². The van der Waals surface area contributed by atoms with E-state index < -0.39 is 0 Å². The predicted molar refractivity (Wildman–Crippen MR) is 89.6 cm³/mol. The van der Waals surface area contributed by atoms with Gasteiger partial charge in [0.05, 0.1) is 23.9 Å². The number of nitrogens with zero attached hydrogens (tertiary/aromatic N) is 3. The summed E-state index contributed by atoms with van der Waals surface area (Å²) in [5.41, 5.74) is 3.01. The molecule has 1 fully saturated rings. The molecule has 118 valence electrons. The minimum Gasteiger partial charge on any atom is -0.493 e. The predicted octanol–water partition coefficient (Wildman–Crippen LogP) is 2.98. The number of likely N-dealkylation sites (tertiary alicyclic amines) is 1. The number of hydrogen-bond acceptors (Lipinski definition) is 4. The van der Waals surface area contributed by atoms with Gasteiger partial charge in [-0.25, -0.2) is 0 Å². The van der Waals surface area contributed by atoms with Gasteiger partial charge in [0, 0.05) is 43.2 Å². The van der Waals surface area contributed by atoms with Crippen LogP contribution in [0.25, 0.3) is 0 Å². The molecule has 0 spiro atoms. The van der Waals surface area contributed by atoms with E-state index in [9.17, 15) is 0 Å². The van der Waals surface area contributed by atoms with Crippen molar-refractivity contribution >= 4 is 12.4 Å². The van der Waals surface area contributed by atoms with Crippen molar-refractivity contribution in [2.75, 3.05) is 19.7 Å². The molecule has 2 unspecified atom stereocenters. The summed E-state index contributed by atoms with van der Waals surface area (Å²) < 4.78 is 5.88. The van der Waals surface area contributed by atoms with Crippen LogP contribution >= 0.6 is 12.4 Å². The monoisotopic (exact) mass is 327 g/mol. The molecule has 2 aliphatic rings. The number of nitriles is 1. The van der Waals surface area contributed by atoms with Crippen molar-refractivity contribution in [1.29, 1.82) is 5.26 Å². The number of benzene rings is 1. The van der Waals surface area contributed by atoms with Crippen LogP contribution in [-0.4, -0.2) is 29.6 Å². The third-order valence-corrected chi connectivity index (χ3v) is 4.62. The first-order chi connectivity index (χ1) is 10.8. The van der Waals surface area contributed by atoms with Gasteiger partial charge in [-0.3, -0.25) is 9.88 Å². The molecule has 0 amide bonds. The lowest BCUT2D eigenvalue weighted by Crippen LogP contribution is -2.25. The first-order valence-electron chi connectivity index (χ1n) is 7.62. The van der Waals surface area contributed by atoms with E-state index in [1.165, 1.54) is 5.56 Å². The van der Waals surface area contributed by atoms with Crippen molar-refractivity contribution in [3.63, 3.8) is 0 Å². The van der Waals surface area contributed by atoms with E-state index >= 15 is 0 Å².